The molecule has 0 saturated heterocycles. The van der Waals surface area contributed by atoms with E-state index in [0.717, 1.165) is 25.7 Å². The van der Waals surface area contributed by atoms with Crippen LogP contribution in [0, 0.1) is 16.7 Å². The van der Waals surface area contributed by atoms with Crippen molar-refractivity contribution in [3.8, 4) is 0 Å². The summed E-state index contributed by atoms with van der Waals surface area (Å²) in [6, 6.07) is -0.903. The van der Waals surface area contributed by atoms with Crippen LogP contribution in [0.15, 0.2) is 12.5 Å². The molecule has 0 fully saturated rings. The highest BCUT2D eigenvalue weighted by molar-refractivity contribution is 5.99. The molecule has 18 nitrogen and oxygen atoms in total. The number of hydrogen-bond acceptors (Lipinski definition) is 12. The standard InChI is InChI=1S/C31H52N6O7.C20H39NO4.3H2/c1-8-44-18-26(41)35-12-10-9-11-20(27(33)42)13-23(38)29(2,3)15-24(39)30(4,5)16-25(40)31(6,7)37-28(43)22(32)14-21-17-34-19-36-21;1-2-25-18-17-21-19(22)15-13-11-9-7-5-3-4-6-8-10-12-14-16-20(23)24;;;/h17,19-20,22H,8-16,18,32H2,1-7H3,(H2,33,42)(H,34,36)(H,35,41)(H,37,43);2-18H2,1H3,(H,21,22)(H,23,24);3*1H/t20-,22+;;;;/m1..../s1. The number of amides is 4. The first kappa shape index (κ1) is 64.5. The molecular weight excluding hydrogens is 887 g/mol. The van der Waals surface area contributed by atoms with E-state index in [1.54, 1.807) is 54.7 Å². The molecule has 0 aliphatic carbocycles. The highest BCUT2D eigenvalue weighted by atomic mass is 16.5. The van der Waals surface area contributed by atoms with Gasteiger partial charge >= 0.3 is 5.97 Å². The molecular formula is C51H97N7O11. The lowest BCUT2D eigenvalue weighted by atomic mass is 9.71. The Balaban J connectivity index is -0.000000708. The average Bonchev–Trinajstić information content (AvgIpc) is 3.79. The number of carbonyl (C=O) groups is 8. The topological polar surface area (TPSA) is 292 Å². The number of unbranched alkanes of at least 4 members (excludes halogenated alkanes) is 12. The van der Waals surface area contributed by atoms with Gasteiger partial charge in [0.25, 0.3) is 0 Å². The molecule has 1 heterocycles. The van der Waals surface area contributed by atoms with Crippen molar-refractivity contribution in [2.24, 2.45) is 28.2 Å². The van der Waals surface area contributed by atoms with Crippen molar-refractivity contribution in [2.75, 3.05) is 39.5 Å². The van der Waals surface area contributed by atoms with Gasteiger partial charge in [-0.3, -0.25) is 38.4 Å². The van der Waals surface area contributed by atoms with Gasteiger partial charge in [-0.25, -0.2) is 4.98 Å². The molecule has 0 unspecified atom stereocenters. The highest BCUT2D eigenvalue weighted by Gasteiger charge is 2.41. The Morgan fingerprint density at radius 1 is 0.696 bits per heavy atom. The van der Waals surface area contributed by atoms with Crippen LogP contribution in [0.5, 0.6) is 0 Å². The van der Waals surface area contributed by atoms with Gasteiger partial charge < -0.3 is 47.0 Å². The zero-order chi connectivity index (χ0) is 52.3. The van der Waals surface area contributed by atoms with Gasteiger partial charge in [-0.1, -0.05) is 98.3 Å². The fraction of sp³-hybridized carbons (Fsp3) is 0.784. The molecule has 0 aliphatic heterocycles. The lowest BCUT2D eigenvalue weighted by Crippen LogP contribution is -2.56. The fourth-order valence-corrected chi connectivity index (χ4v) is 7.32. The number of nitrogens with two attached hydrogens (primary N) is 2. The van der Waals surface area contributed by atoms with Crippen molar-refractivity contribution < 1.29 is 57.2 Å². The number of carbonyl (C=O) groups excluding carboxylic acids is 7. The molecule has 0 spiro atoms. The second kappa shape index (κ2) is 36.4. The number of carboxylic acid groups (broad SMARTS) is 1. The number of ketones is 3. The molecule has 0 aromatic carbocycles. The van der Waals surface area contributed by atoms with Crippen LogP contribution >= 0.6 is 0 Å². The van der Waals surface area contributed by atoms with E-state index in [9.17, 15) is 38.4 Å². The minimum Gasteiger partial charge on any atom is -0.481 e. The number of carboxylic acids is 1. The van der Waals surface area contributed by atoms with Crippen molar-refractivity contribution in [3.63, 3.8) is 0 Å². The molecule has 0 radical (unpaired) electrons. The normalized spacial score (nSPS) is 12.5. The molecule has 402 valence electrons. The maximum atomic E-state index is 13.4. The Morgan fingerprint density at radius 3 is 1.74 bits per heavy atom. The van der Waals surface area contributed by atoms with Gasteiger partial charge in [-0.05, 0) is 53.4 Å². The van der Waals surface area contributed by atoms with E-state index in [1.165, 1.54) is 57.7 Å². The summed E-state index contributed by atoms with van der Waals surface area (Å²) in [6.07, 6.45) is 19.4. The Bertz CT molecular complexity index is 1680. The van der Waals surface area contributed by atoms with Crippen molar-refractivity contribution in [2.45, 2.75) is 202 Å². The quantitative estimate of drug-likeness (QED) is 0.0327. The molecule has 0 bridgehead atoms. The number of primary amides is 1. The molecule has 1 aromatic heterocycles. The number of rotatable bonds is 41. The van der Waals surface area contributed by atoms with E-state index in [1.807, 2.05) is 6.92 Å². The lowest BCUT2D eigenvalue weighted by Gasteiger charge is -2.33. The van der Waals surface area contributed by atoms with Gasteiger partial charge in [0.05, 0.1) is 24.5 Å². The summed E-state index contributed by atoms with van der Waals surface area (Å²) in [5.41, 5.74) is 8.76. The van der Waals surface area contributed by atoms with Crippen LogP contribution in [0.25, 0.3) is 0 Å². The number of imidazole rings is 1. The van der Waals surface area contributed by atoms with Crippen LogP contribution < -0.4 is 27.4 Å². The zero-order valence-electron chi connectivity index (χ0n) is 43.5. The number of ether oxygens (including phenoxy) is 2. The number of nitrogens with one attached hydrogen (secondary N) is 4. The van der Waals surface area contributed by atoms with Gasteiger partial charge in [0.15, 0.2) is 5.78 Å². The molecule has 69 heavy (non-hydrogen) atoms. The summed E-state index contributed by atoms with van der Waals surface area (Å²) >= 11 is 0. The first-order valence-corrected chi connectivity index (χ1v) is 25.3. The summed E-state index contributed by atoms with van der Waals surface area (Å²) in [5.74, 6) is -3.49. The van der Waals surface area contributed by atoms with Crippen molar-refractivity contribution in [1.82, 2.24) is 25.9 Å². The Morgan fingerprint density at radius 2 is 1.22 bits per heavy atom. The van der Waals surface area contributed by atoms with Gasteiger partial charge in [0.2, 0.25) is 23.6 Å². The van der Waals surface area contributed by atoms with Crippen molar-refractivity contribution >= 4 is 46.9 Å². The Hall–Kier alpha value is -4.55. The SMILES string of the molecule is CCOCC(=O)NCCCC[C@H](CC(=O)C(C)(C)CC(=O)C(C)(C)CC(=O)C(C)(C)NC(=O)[C@@H](N)Cc1cnc[nH]1)C(N)=O.CCOCCNC(=O)CCCCCCCCCCCCCCC(=O)O.[HH].[HH].[HH]. The Labute approximate surface area is 416 Å². The number of hydrogen-bond donors (Lipinski definition) is 7. The number of aromatic nitrogens is 2. The third-order valence-electron chi connectivity index (χ3n) is 12.1. The summed E-state index contributed by atoms with van der Waals surface area (Å²) < 4.78 is 10.2. The number of aromatic amines is 1. The largest absolute Gasteiger partial charge is 0.481 e. The summed E-state index contributed by atoms with van der Waals surface area (Å²) in [6.45, 7) is 16.2. The number of nitrogens with zero attached hydrogens (tertiary/aromatic N) is 1. The predicted octanol–water partition coefficient (Wildman–Crippen LogP) is 6.95. The van der Waals surface area contributed by atoms with E-state index in [4.69, 9.17) is 26.0 Å². The van der Waals surface area contributed by atoms with Crippen molar-refractivity contribution in [3.05, 3.63) is 18.2 Å². The smallest absolute Gasteiger partial charge is 0.303 e. The first-order valence-electron chi connectivity index (χ1n) is 25.3. The minimum atomic E-state index is -1.29. The molecule has 4 amide bonds. The maximum Gasteiger partial charge on any atom is 0.303 e. The minimum absolute atomic E-state index is 0. The van der Waals surface area contributed by atoms with Gasteiger partial charge in [0, 0.05) is 97.7 Å². The second-order valence-electron chi connectivity index (χ2n) is 19.9. The monoisotopic (exact) mass is 984 g/mol. The van der Waals surface area contributed by atoms with Crippen LogP contribution in [0.4, 0.5) is 0 Å². The predicted molar refractivity (Wildman–Crippen MR) is 273 cm³/mol. The van der Waals surface area contributed by atoms with Crippen LogP contribution in [0.2, 0.25) is 0 Å². The number of Topliss-reactive ketones (excluding diaryl/α,β-unsaturated/α-hetero) is 3. The molecule has 0 aliphatic rings. The van der Waals surface area contributed by atoms with E-state index in [0.29, 0.717) is 70.7 Å². The van der Waals surface area contributed by atoms with Gasteiger partial charge in [0.1, 0.15) is 18.2 Å². The summed E-state index contributed by atoms with van der Waals surface area (Å²) in [5, 5.41) is 16.8. The zero-order valence-corrected chi connectivity index (χ0v) is 43.5. The number of aliphatic carboxylic acids is 1. The molecule has 9 N–H and O–H groups in total. The first-order chi connectivity index (χ1) is 32.5. The van der Waals surface area contributed by atoms with E-state index in [-0.39, 0.29) is 65.7 Å². The lowest BCUT2D eigenvalue weighted by molar-refractivity contribution is -0.140. The number of H-pyrrole nitrogens is 1. The van der Waals surface area contributed by atoms with Crippen LogP contribution in [0.1, 0.15) is 194 Å². The van der Waals surface area contributed by atoms with E-state index in [2.05, 4.69) is 25.9 Å². The maximum absolute atomic E-state index is 13.4. The third kappa shape index (κ3) is 32.1. The van der Waals surface area contributed by atoms with Gasteiger partial charge in [-0.15, -0.1) is 0 Å². The summed E-state index contributed by atoms with van der Waals surface area (Å²) in [7, 11) is 0. The molecule has 1 aromatic rings. The van der Waals surface area contributed by atoms with Gasteiger partial charge in [-0.2, -0.15) is 0 Å². The summed E-state index contributed by atoms with van der Waals surface area (Å²) in [4.78, 5) is 105. The fourth-order valence-electron chi connectivity index (χ4n) is 7.32. The molecule has 2 atom stereocenters. The second-order valence-corrected chi connectivity index (χ2v) is 19.9. The van der Waals surface area contributed by atoms with Crippen LogP contribution in [-0.4, -0.2) is 113 Å². The van der Waals surface area contributed by atoms with E-state index >= 15 is 0 Å². The van der Waals surface area contributed by atoms with Crippen LogP contribution in [-0.2, 0) is 54.3 Å². The van der Waals surface area contributed by atoms with Crippen LogP contribution in [0.3, 0.4) is 0 Å². The molecule has 1 rings (SSSR count). The van der Waals surface area contributed by atoms with E-state index < -0.39 is 46.1 Å². The molecule has 0 saturated carbocycles. The highest BCUT2D eigenvalue weighted by Crippen LogP contribution is 2.34. The average molecular weight is 984 g/mol. The third-order valence-corrected chi connectivity index (χ3v) is 12.1. The molecule has 18 heteroatoms. The Kier molecular flexibility index (Phi) is 34.0. The van der Waals surface area contributed by atoms with Crippen molar-refractivity contribution in [1.29, 1.82) is 0 Å².